The summed E-state index contributed by atoms with van der Waals surface area (Å²) >= 11 is 0. The number of pyridine rings is 1. The van der Waals surface area contributed by atoms with Crippen molar-refractivity contribution in [3.63, 3.8) is 0 Å². The summed E-state index contributed by atoms with van der Waals surface area (Å²) in [7, 11) is 1.64. The Hall–Kier alpha value is -2.89. The second kappa shape index (κ2) is 7.62. The highest BCUT2D eigenvalue weighted by molar-refractivity contribution is 5.99. The number of amides is 1. The normalized spacial score (nSPS) is 15.2. The van der Waals surface area contributed by atoms with Gasteiger partial charge in [0.05, 0.1) is 18.4 Å². The Morgan fingerprint density at radius 3 is 2.71 bits per heavy atom. The third kappa shape index (κ3) is 3.46. The van der Waals surface area contributed by atoms with Gasteiger partial charge in [0.25, 0.3) is 5.91 Å². The first-order chi connectivity index (χ1) is 13.6. The molecule has 1 amide bonds. The lowest BCUT2D eigenvalue weighted by molar-refractivity contribution is 0.0681. The highest BCUT2D eigenvalue weighted by Crippen LogP contribution is 2.27. The summed E-state index contributed by atoms with van der Waals surface area (Å²) in [6.45, 7) is 6.47. The van der Waals surface area contributed by atoms with Gasteiger partial charge in [0, 0.05) is 37.4 Å². The number of aromatic nitrogens is 3. The molecule has 3 heterocycles. The van der Waals surface area contributed by atoms with Gasteiger partial charge in [0.1, 0.15) is 17.1 Å². The third-order valence-electron chi connectivity index (χ3n) is 5.73. The van der Waals surface area contributed by atoms with E-state index in [0.29, 0.717) is 11.5 Å². The molecule has 1 fully saturated rings. The molecule has 1 aliphatic heterocycles. The number of aryl methyl sites for hydroxylation is 2. The maximum Gasteiger partial charge on any atom is 0.255 e. The van der Waals surface area contributed by atoms with E-state index in [1.807, 2.05) is 55.4 Å². The number of carbonyl (C=O) groups is 1. The third-order valence-corrected chi connectivity index (χ3v) is 5.73. The van der Waals surface area contributed by atoms with Gasteiger partial charge in [0.15, 0.2) is 0 Å². The van der Waals surface area contributed by atoms with E-state index in [1.54, 1.807) is 7.11 Å². The summed E-state index contributed by atoms with van der Waals surface area (Å²) in [4.78, 5) is 24.1. The molecular formula is C22H26N4O2. The van der Waals surface area contributed by atoms with E-state index < -0.39 is 0 Å². The fraction of sp³-hybridized carbons (Fsp3) is 0.409. The van der Waals surface area contributed by atoms with Crippen molar-refractivity contribution in [1.82, 2.24) is 19.4 Å². The van der Waals surface area contributed by atoms with Crippen LogP contribution in [0.5, 0.6) is 5.75 Å². The zero-order valence-corrected chi connectivity index (χ0v) is 16.7. The van der Waals surface area contributed by atoms with Crippen LogP contribution in [0.3, 0.4) is 0 Å². The number of fused-ring (bicyclic) bond motifs is 1. The van der Waals surface area contributed by atoms with E-state index in [9.17, 15) is 4.79 Å². The Labute approximate surface area is 165 Å². The molecule has 1 aromatic carbocycles. The highest BCUT2D eigenvalue weighted by Gasteiger charge is 2.25. The van der Waals surface area contributed by atoms with Crippen LogP contribution < -0.4 is 4.74 Å². The lowest BCUT2D eigenvalue weighted by atomic mass is 9.96. The molecule has 6 nitrogen and oxygen atoms in total. The molecule has 0 N–H and O–H groups in total. The number of imidazole rings is 1. The first kappa shape index (κ1) is 18.5. The molecule has 1 aliphatic rings. The van der Waals surface area contributed by atoms with E-state index in [1.165, 1.54) is 0 Å². The average Bonchev–Trinajstić information content (AvgIpc) is 3.11. The fourth-order valence-electron chi connectivity index (χ4n) is 4.01. The number of likely N-dealkylation sites (tertiary alicyclic amines) is 1. The predicted octanol–water partition coefficient (Wildman–Crippen LogP) is 3.61. The zero-order chi connectivity index (χ0) is 19.7. The number of carbonyl (C=O) groups excluding carboxylic acids is 1. The summed E-state index contributed by atoms with van der Waals surface area (Å²) in [5.41, 5.74) is 2.23. The van der Waals surface area contributed by atoms with Crippen molar-refractivity contribution >= 4 is 16.8 Å². The van der Waals surface area contributed by atoms with Gasteiger partial charge < -0.3 is 14.2 Å². The molecule has 0 spiro atoms. The van der Waals surface area contributed by atoms with Crippen LogP contribution in [0.1, 0.15) is 34.7 Å². The number of rotatable bonds is 4. The van der Waals surface area contributed by atoms with Crippen LogP contribution in [0.15, 0.2) is 36.7 Å². The Morgan fingerprint density at radius 2 is 2.04 bits per heavy atom. The first-order valence-electron chi connectivity index (χ1n) is 9.78. The topological polar surface area (TPSA) is 60.2 Å². The van der Waals surface area contributed by atoms with Gasteiger partial charge in [-0.1, -0.05) is 12.1 Å². The summed E-state index contributed by atoms with van der Waals surface area (Å²) in [5.74, 6) is 2.44. The van der Waals surface area contributed by atoms with E-state index in [4.69, 9.17) is 4.74 Å². The number of methoxy groups -OCH3 is 1. The van der Waals surface area contributed by atoms with Crippen molar-refractivity contribution in [1.29, 1.82) is 0 Å². The lowest BCUT2D eigenvalue weighted by Gasteiger charge is -2.32. The SMILES string of the molecule is COc1cccc2cc(C(=O)N3CCC(Cn4ccnc4C)CC3)c(C)nc12. The quantitative estimate of drug-likeness (QED) is 0.696. The number of ether oxygens (including phenoxy) is 1. The average molecular weight is 378 g/mol. The van der Waals surface area contributed by atoms with Gasteiger partial charge in [-0.15, -0.1) is 0 Å². The molecule has 28 heavy (non-hydrogen) atoms. The number of benzene rings is 1. The number of hydrogen-bond acceptors (Lipinski definition) is 4. The maximum atomic E-state index is 13.1. The number of hydrogen-bond donors (Lipinski definition) is 0. The van der Waals surface area contributed by atoms with E-state index >= 15 is 0 Å². The van der Waals surface area contributed by atoms with Gasteiger partial charge >= 0.3 is 0 Å². The molecule has 146 valence electrons. The Bertz CT molecular complexity index is 1000. The second-order valence-electron chi connectivity index (χ2n) is 7.52. The summed E-state index contributed by atoms with van der Waals surface area (Å²) < 4.78 is 7.60. The first-order valence-corrected chi connectivity index (χ1v) is 9.78. The summed E-state index contributed by atoms with van der Waals surface area (Å²) in [6.07, 6.45) is 5.90. The molecule has 0 radical (unpaired) electrons. The lowest BCUT2D eigenvalue weighted by Crippen LogP contribution is -2.39. The number of piperidine rings is 1. The van der Waals surface area contributed by atoms with Crippen LogP contribution in [-0.4, -0.2) is 45.5 Å². The monoisotopic (exact) mass is 378 g/mol. The molecule has 0 unspecified atom stereocenters. The van der Waals surface area contributed by atoms with Gasteiger partial charge in [-0.25, -0.2) is 9.97 Å². The van der Waals surface area contributed by atoms with Crippen LogP contribution >= 0.6 is 0 Å². The highest BCUT2D eigenvalue weighted by atomic mass is 16.5. The molecule has 0 bridgehead atoms. The summed E-state index contributed by atoms with van der Waals surface area (Å²) in [5, 5.41) is 0.929. The Balaban J connectivity index is 1.48. The molecule has 3 aromatic rings. The minimum absolute atomic E-state index is 0.0759. The van der Waals surface area contributed by atoms with Gasteiger partial charge in [-0.2, -0.15) is 0 Å². The van der Waals surface area contributed by atoms with Crippen molar-refractivity contribution in [2.45, 2.75) is 33.2 Å². The van der Waals surface area contributed by atoms with E-state index in [2.05, 4.69) is 14.5 Å². The molecule has 0 aliphatic carbocycles. The number of nitrogens with zero attached hydrogens (tertiary/aromatic N) is 4. The van der Waals surface area contributed by atoms with Crippen LogP contribution in [0, 0.1) is 19.8 Å². The molecule has 0 atom stereocenters. The van der Waals surface area contributed by atoms with Crippen molar-refractivity contribution in [3.05, 3.63) is 53.7 Å². The van der Waals surface area contributed by atoms with Crippen molar-refractivity contribution in [3.8, 4) is 5.75 Å². The molecule has 6 heteroatoms. The van der Waals surface area contributed by atoms with Crippen LogP contribution in [0.25, 0.3) is 10.9 Å². The zero-order valence-electron chi connectivity index (χ0n) is 16.7. The van der Waals surface area contributed by atoms with Crippen molar-refractivity contribution in [2.75, 3.05) is 20.2 Å². The van der Waals surface area contributed by atoms with Crippen molar-refractivity contribution in [2.24, 2.45) is 5.92 Å². The van der Waals surface area contributed by atoms with E-state index in [0.717, 1.165) is 60.6 Å². The molecular weight excluding hydrogens is 352 g/mol. The minimum Gasteiger partial charge on any atom is -0.494 e. The van der Waals surface area contributed by atoms with Crippen LogP contribution in [0.4, 0.5) is 0 Å². The molecule has 4 rings (SSSR count). The largest absolute Gasteiger partial charge is 0.494 e. The maximum absolute atomic E-state index is 13.1. The van der Waals surface area contributed by atoms with Gasteiger partial charge in [-0.3, -0.25) is 4.79 Å². The standard InChI is InChI=1S/C22H26N4O2/c1-15-19(13-18-5-4-6-20(28-3)21(18)24-15)22(27)25-10-7-17(8-11-25)14-26-12-9-23-16(26)2/h4-6,9,12-13,17H,7-8,10-11,14H2,1-3H3. The molecule has 0 saturated carbocycles. The fourth-order valence-corrected chi connectivity index (χ4v) is 4.01. The van der Waals surface area contributed by atoms with Gasteiger partial charge in [0.2, 0.25) is 0 Å². The number of para-hydroxylation sites is 1. The second-order valence-corrected chi connectivity index (χ2v) is 7.52. The smallest absolute Gasteiger partial charge is 0.255 e. The Morgan fingerprint density at radius 1 is 1.25 bits per heavy atom. The molecule has 1 saturated heterocycles. The van der Waals surface area contributed by atoms with Gasteiger partial charge in [-0.05, 0) is 44.7 Å². The summed E-state index contributed by atoms with van der Waals surface area (Å²) in [6, 6.07) is 7.74. The van der Waals surface area contributed by atoms with Crippen molar-refractivity contribution < 1.29 is 9.53 Å². The van der Waals surface area contributed by atoms with Crippen LogP contribution in [-0.2, 0) is 6.54 Å². The molecule has 2 aromatic heterocycles. The minimum atomic E-state index is 0.0759. The van der Waals surface area contributed by atoms with Crippen LogP contribution in [0.2, 0.25) is 0 Å². The predicted molar refractivity (Wildman–Crippen MR) is 109 cm³/mol. The van der Waals surface area contributed by atoms with E-state index in [-0.39, 0.29) is 5.91 Å². The Kier molecular flexibility index (Phi) is 5.03.